The molecule has 0 saturated carbocycles. The molecule has 1 N–H and O–H groups in total. The molecule has 0 bridgehead atoms. The third kappa shape index (κ3) is 4.73. The van der Waals surface area contributed by atoms with E-state index in [4.69, 9.17) is 14.1 Å². The number of morpholine rings is 1. The summed E-state index contributed by atoms with van der Waals surface area (Å²) in [4.78, 5) is 24.8. The highest BCUT2D eigenvalue weighted by Gasteiger charge is 2.28. The molecule has 0 amide bonds. The Morgan fingerprint density at radius 2 is 1.78 bits per heavy atom. The third-order valence-corrected chi connectivity index (χ3v) is 6.49. The van der Waals surface area contributed by atoms with E-state index < -0.39 is 6.17 Å². The SMILES string of the molecule is C[C@@H]1CN(c2ncccc2-c2nnc(N[C@H]3N=C(c4ccccc4)c4ccccc4CC3=O)o2)CCO1. The van der Waals surface area contributed by atoms with Gasteiger partial charge in [0.05, 0.1) is 24.0 Å². The van der Waals surface area contributed by atoms with Crippen LogP contribution < -0.4 is 10.2 Å². The maximum absolute atomic E-state index is 13.2. The maximum atomic E-state index is 13.2. The van der Waals surface area contributed by atoms with E-state index in [2.05, 4.69) is 25.4 Å². The molecule has 0 spiro atoms. The highest BCUT2D eigenvalue weighted by atomic mass is 16.5. The minimum atomic E-state index is -0.871. The van der Waals surface area contributed by atoms with Crippen molar-refractivity contribution >= 4 is 23.3 Å². The molecule has 9 nitrogen and oxygen atoms in total. The third-order valence-electron chi connectivity index (χ3n) is 6.49. The van der Waals surface area contributed by atoms with Gasteiger partial charge in [-0.3, -0.25) is 9.79 Å². The summed E-state index contributed by atoms with van der Waals surface area (Å²) in [7, 11) is 0. The standard InChI is InChI=1S/C28H26N6O3/c1-18-17-34(14-15-36-18)26-22(12-7-13-29-26)27-32-33-28(37-27)31-25-23(35)16-20-10-5-6-11-21(20)24(30-25)19-8-3-2-4-9-19/h2-13,18,25H,14-17H2,1H3,(H,31,33)/t18-,25-/m1/s1. The molecule has 9 heteroatoms. The molecule has 4 aromatic rings. The van der Waals surface area contributed by atoms with Crippen molar-refractivity contribution in [1.29, 1.82) is 0 Å². The van der Waals surface area contributed by atoms with Crippen molar-refractivity contribution in [2.45, 2.75) is 25.6 Å². The molecular weight excluding hydrogens is 468 g/mol. The second kappa shape index (κ2) is 9.94. The average molecular weight is 495 g/mol. The van der Waals surface area contributed by atoms with Crippen LogP contribution >= 0.6 is 0 Å². The molecule has 2 aliphatic rings. The number of ketones is 1. The number of fused-ring (bicyclic) bond motifs is 1. The molecule has 2 aromatic heterocycles. The van der Waals surface area contributed by atoms with Crippen LogP contribution in [-0.2, 0) is 16.0 Å². The number of ether oxygens (including phenoxy) is 1. The van der Waals surface area contributed by atoms with Crippen molar-refractivity contribution in [3.63, 3.8) is 0 Å². The molecule has 0 aliphatic carbocycles. The van der Waals surface area contributed by atoms with E-state index in [1.165, 1.54) is 0 Å². The normalized spacial score (nSPS) is 19.6. The zero-order chi connectivity index (χ0) is 25.2. The molecule has 6 rings (SSSR count). The van der Waals surface area contributed by atoms with Crippen LogP contribution in [0.2, 0.25) is 0 Å². The van der Waals surface area contributed by atoms with Gasteiger partial charge in [0.15, 0.2) is 11.9 Å². The summed E-state index contributed by atoms with van der Waals surface area (Å²) in [6.45, 7) is 4.11. The van der Waals surface area contributed by atoms with Gasteiger partial charge in [-0.15, -0.1) is 5.10 Å². The summed E-state index contributed by atoms with van der Waals surface area (Å²) in [6, 6.07) is 21.6. The Bertz CT molecular complexity index is 1450. The van der Waals surface area contributed by atoms with Crippen LogP contribution in [0, 0.1) is 0 Å². The Morgan fingerprint density at radius 1 is 0.973 bits per heavy atom. The second-order valence-corrected chi connectivity index (χ2v) is 9.11. The smallest absolute Gasteiger partial charge is 0.317 e. The van der Waals surface area contributed by atoms with E-state index in [9.17, 15) is 4.79 Å². The van der Waals surface area contributed by atoms with Crippen LogP contribution in [-0.4, -0.2) is 58.6 Å². The summed E-state index contributed by atoms with van der Waals surface area (Å²) in [5.74, 6) is 1.00. The number of Topliss-reactive ketones (excluding diaryl/α,β-unsaturated/α-hetero) is 1. The minimum absolute atomic E-state index is 0.0810. The van der Waals surface area contributed by atoms with Crippen LogP contribution in [0.15, 0.2) is 82.3 Å². The van der Waals surface area contributed by atoms with Gasteiger partial charge in [0.25, 0.3) is 5.89 Å². The van der Waals surface area contributed by atoms with Crippen molar-refractivity contribution in [2.75, 3.05) is 29.9 Å². The summed E-state index contributed by atoms with van der Waals surface area (Å²) in [6.07, 6.45) is 1.22. The van der Waals surface area contributed by atoms with Gasteiger partial charge in [0, 0.05) is 36.8 Å². The van der Waals surface area contributed by atoms with E-state index in [0.29, 0.717) is 12.5 Å². The van der Waals surface area contributed by atoms with E-state index in [1.54, 1.807) is 6.20 Å². The van der Waals surface area contributed by atoms with Crippen LogP contribution in [0.4, 0.5) is 11.8 Å². The molecule has 4 heterocycles. The number of anilines is 2. The number of pyridine rings is 1. The zero-order valence-corrected chi connectivity index (χ0v) is 20.4. The number of benzene rings is 2. The highest BCUT2D eigenvalue weighted by molar-refractivity contribution is 6.16. The Kier molecular flexibility index (Phi) is 6.20. The van der Waals surface area contributed by atoms with Gasteiger partial charge in [-0.2, -0.15) is 0 Å². The zero-order valence-electron chi connectivity index (χ0n) is 20.4. The number of carbonyl (C=O) groups excluding carboxylic acids is 1. The number of hydrogen-bond acceptors (Lipinski definition) is 9. The van der Waals surface area contributed by atoms with Gasteiger partial charge >= 0.3 is 6.01 Å². The van der Waals surface area contributed by atoms with Gasteiger partial charge in [-0.1, -0.05) is 59.7 Å². The average Bonchev–Trinajstić information content (AvgIpc) is 3.35. The molecule has 2 atom stereocenters. The van der Waals surface area contributed by atoms with Crippen molar-refractivity contribution < 1.29 is 13.9 Å². The molecule has 0 radical (unpaired) electrons. The fourth-order valence-corrected chi connectivity index (χ4v) is 4.73. The lowest BCUT2D eigenvalue weighted by atomic mass is 9.96. The first-order valence-electron chi connectivity index (χ1n) is 12.3. The number of carbonyl (C=O) groups is 1. The Balaban J connectivity index is 1.31. The van der Waals surface area contributed by atoms with Crippen molar-refractivity contribution in [3.8, 4) is 11.5 Å². The van der Waals surface area contributed by atoms with Crippen LogP contribution in [0.1, 0.15) is 23.6 Å². The van der Waals surface area contributed by atoms with Crippen LogP contribution in [0.25, 0.3) is 11.5 Å². The van der Waals surface area contributed by atoms with Crippen LogP contribution in [0.5, 0.6) is 0 Å². The lowest BCUT2D eigenvalue weighted by Gasteiger charge is -2.32. The van der Waals surface area contributed by atoms with Gasteiger partial charge in [0.2, 0.25) is 0 Å². The Hall–Kier alpha value is -4.37. The number of nitrogens with zero attached hydrogens (tertiary/aromatic N) is 5. The van der Waals surface area contributed by atoms with E-state index in [-0.39, 0.29) is 24.3 Å². The summed E-state index contributed by atoms with van der Waals surface area (Å²) >= 11 is 0. The van der Waals surface area contributed by atoms with Gasteiger partial charge < -0.3 is 19.4 Å². The number of aromatic nitrogens is 3. The number of aliphatic imine (C=N–C) groups is 1. The Morgan fingerprint density at radius 3 is 2.65 bits per heavy atom. The van der Waals surface area contributed by atoms with Crippen molar-refractivity contribution in [2.24, 2.45) is 4.99 Å². The number of nitrogens with one attached hydrogen (secondary N) is 1. The quantitative estimate of drug-likeness (QED) is 0.447. The fraction of sp³-hybridized carbons (Fsp3) is 0.250. The summed E-state index contributed by atoms with van der Waals surface area (Å²) < 4.78 is 11.7. The maximum Gasteiger partial charge on any atom is 0.317 e. The van der Waals surface area contributed by atoms with Crippen LogP contribution in [0.3, 0.4) is 0 Å². The number of rotatable bonds is 5. The predicted molar refractivity (Wildman–Crippen MR) is 140 cm³/mol. The summed E-state index contributed by atoms with van der Waals surface area (Å²) in [5, 5.41) is 11.5. The first-order chi connectivity index (χ1) is 18.2. The molecule has 1 fully saturated rings. The lowest BCUT2D eigenvalue weighted by Crippen LogP contribution is -2.41. The first-order valence-corrected chi connectivity index (χ1v) is 12.3. The molecule has 186 valence electrons. The van der Waals surface area contributed by atoms with E-state index in [0.717, 1.165) is 46.9 Å². The lowest BCUT2D eigenvalue weighted by molar-refractivity contribution is -0.119. The molecule has 37 heavy (non-hydrogen) atoms. The monoisotopic (exact) mass is 494 g/mol. The van der Waals surface area contributed by atoms with Gasteiger partial charge in [-0.25, -0.2) is 4.98 Å². The van der Waals surface area contributed by atoms with E-state index >= 15 is 0 Å². The second-order valence-electron chi connectivity index (χ2n) is 9.11. The van der Waals surface area contributed by atoms with E-state index in [1.807, 2.05) is 73.7 Å². The highest BCUT2D eigenvalue weighted by Crippen LogP contribution is 2.30. The predicted octanol–water partition coefficient (Wildman–Crippen LogP) is 3.76. The molecule has 2 aliphatic heterocycles. The largest absolute Gasteiger partial charge is 0.403 e. The fourth-order valence-electron chi connectivity index (χ4n) is 4.73. The van der Waals surface area contributed by atoms with Gasteiger partial charge in [-0.05, 0) is 24.6 Å². The molecule has 2 aromatic carbocycles. The van der Waals surface area contributed by atoms with Gasteiger partial charge in [0.1, 0.15) is 5.82 Å². The molecular formula is C28H26N6O3. The van der Waals surface area contributed by atoms with Crippen molar-refractivity contribution in [3.05, 3.63) is 89.6 Å². The van der Waals surface area contributed by atoms with Crippen molar-refractivity contribution in [1.82, 2.24) is 15.2 Å². The minimum Gasteiger partial charge on any atom is -0.403 e. The number of hydrogen-bond donors (Lipinski definition) is 1. The summed E-state index contributed by atoms with van der Waals surface area (Å²) in [5.41, 5.74) is 4.28. The molecule has 0 unspecified atom stereocenters. The topological polar surface area (TPSA) is 106 Å². The molecule has 1 saturated heterocycles. The first kappa shape index (κ1) is 23.1. The Labute approximate surface area is 214 Å².